The van der Waals surface area contributed by atoms with Crippen LogP contribution in [-0.2, 0) is 9.47 Å². The van der Waals surface area contributed by atoms with E-state index in [4.69, 9.17) is 19.7 Å². The van der Waals surface area contributed by atoms with Gasteiger partial charge >= 0.3 is 0 Å². The van der Waals surface area contributed by atoms with Crippen LogP contribution in [0.3, 0.4) is 0 Å². The van der Waals surface area contributed by atoms with Crippen molar-refractivity contribution in [3.63, 3.8) is 0 Å². The highest BCUT2D eigenvalue weighted by molar-refractivity contribution is 5.06. The first kappa shape index (κ1) is 12.4. The summed E-state index contributed by atoms with van der Waals surface area (Å²) in [5, 5.41) is 17.4. The smallest absolute Gasteiger partial charge is 0.164 e. The summed E-state index contributed by atoms with van der Waals surface area (Å²) in [5.74, 6) is -0.630. The van der Waals surface area contributed by atoms with E-state index in [0.717, 1.165) is 0 Å². The molecular formula is C11H18O4. The lowest BCUT2D eigenvalue weighted by Crippen LogP contribution is -2.20. The Morgan fingerprint density at radius 1 is 1.00 bits per heavy atom. The van der Waals surface area contributed by atoms with Crippen LogP contribution in [-0.4, -0.2) is 41.4 Å². The second-order valence-electron chi connectivity index (χ2n) is 3.79. The molecule has 0 saturated carbocycles. The van der Waals surface area contributed by atoms with Crippen molar-refractivity contribution >= 4 is 0 Å². The number of ether oxygens (including phenoxy) is 2. The normalized spacial score (nSPS) is 30.7. The Bertz CT molecular complexity index is 221. The summed E-state index contributed by atoms with van der Waals surface area (Å²) in [6.45, 7) is 3.63. The molecule has 1 fully saturated rings. The predicted molar refractivity (Wildman–Crippen MR) is 56.3 cm³/mol. The van der Waals surface area contributed by atoms with Gasteiger partial charge in [0, 0.05) is 0 Å². The van der Waals surface area contributed by atoms with Crippen molar-refractivity contribution in [2.75, 3.05) is 13.2 Å². The number of aliphatic hydroxyl groups is 2. The molecule has 0 spiro atoms. The van der Waals surface area contributed by atoms with E-state index in [9.17, 15) is 0 Å². The predicted octanol–water partition coefficient (Wildman–Crippen LogP) is 0.603. The van der Waals surface area contributed by atoms with E-state index in [-0.39, 0.29) is 25.4 Å². The molecule has 1 aliphatic heterocycles. The second-order valence-corrected chi connectivity index (χ2v) is 3.79. The monoisotopic (exact) mass is 214 g/mol. The Morgan fingerprint density at radius 2 is 1.40 bits per heavy atom. The van der Waals surface area contributed by atoms with E-state index < -0.39 is 5.79 Å². The fraction of sp³-hybridized carbons (Fsp3) is 0.636. The summed E-state index contributed by atoms with van der Waals surface area (Å²) in [5.41, 5.74) is 0. The van der Waals surface area contributed by atoms with Crippen LogP contribution in [0.15, 0.2) is 24.3 Å². The topological polar surface area (TPSA) is 58.9 Å². The summed E-state index contributed by atoms with van der Waals surface area (Å²) < 4.78 is 11.2. The maximum Gasteiger partial charge on any atom is 0.164 e. The van der Waals surface area contributed by atoms with Crippen molar-refractivity contribution in [2.45, 2.75) is 31.8 Å². The lowest BCUT2D eigenvalue weighted by molar-refractivity contribution is -0.139. The molecule has 1 saturated heterocycles. The van der Waals surface area contributed by atoms with Crippen LogP contribution in [0.2, 0.25) is 0 Å². The van der Waals surface area contributed by atoms with Gasteiger partial charge in [0.15, 0.2) is 5.79 Å². The molecule has 2 N–H and O–H groups in total. The van der Waals surface area contributed by atoms with E-state index in [0.29, 0.717) is 0 Å². The Morgan fingerprint density at radius 3 is 1.73 bits per heavy atom. The molecule has 4 nitrogen and oxygen atoms in total. The van der Waals surface area contributed by atoms with Crippen LogP contribution in [0, 0.1) is 0 Å². The minimum Gasteiger partial charge on any atom is -0.392 e. The van der Waals surface area contributed by atoms with E-state index in [2.05, 4.69) is 0 Å². The summed E-state index contributed by atoms with van der Waals surface area (Å²) in [6, 6.07) is 0. The molecule has 1 aliphatic rings. The van der Waals surface area contributed by atoms with Gasteiger partial charge in [-0.05, 0) is 13.8 Å². The molecule has 0 unspecified atom stereocenters. The van der Waals surface area contributed by atoms with Gasteiger partial charge in [0.1, 0.15) is 12.2 Å². The van der Waals surface area contributed by atoms with E-state index in [1.165, 1.54) is 0 Å². The summed E-state index contributed by atoms with van der Waals surface area (Å²) in [7, 11) is 0. The Kier molecular flexibility index (Phi) is 4.47. The van der Waals surface area contributed by atoms with Crippen LogP contribution in [0.1, 0.15) is 13.8 Å². The largest absolute Gasteiger partial charge is 0.392 e. The molecule has 0 radical (unpaired) electrons. The lowest BCUT2D eigenvalue weighted by Gasteiger charge is -2.15. The molecule has 0 aliphatic carbocycles. The molecule has 86 valence electrons. The highest BCUT2D eigenvalue weighted by atomic mass is 16.7. The third kappa shape index (κ3) is 3.76. The summed E-state index contributed by atoms with van der Waals surface area (Å²) in [4.78, 5) is 0. The Hall–Kier alpha value is -0.680. The van der Waals surface area contributed by atoms with Gasteiger partial charge in [0.25, 0.3) is 0 Å². The zero-order chi connectivity index (χ0) is 11.3. The molecule has 0 aromatic rings. The quantitative estimate of drug-likeness (QED) is 0.673. The van der Waals surface area contributed by atoms with Crippen molar-refractivity contribution in [1.29, 1.82) is 0 Å². The lowest BCUT2D eigenvalue weighted by atomic mass is 10.2. The zero-order valence-corrected chi connectivity index (χ0v) is 9.09. The third-order valence-corrected chi connectivity index (χ3v) is 2.03. The first-order chi connectivity index (χ1) is 7.09. The van der Waals surface area contributed by atoms with Crippen LogP contribution < -0.4 is 0 Å². The summed E-state index contributed by atoms with van der Waals surface area (Å²) in [6.07, 6.45) is 6.34. The van der Waals surface area contributed by atoms with Gasteiger partial charge in [0.2, 0.25) is 0 Å². The van der Waals surface area contributed by atoms with Gasteiger partial charge in [-0.15, -0.1) is 0 Å². The fourth-order valence-electron chi connectivity index (χ4n) is 1.50. The van der Waals surface area contributed by atoms with Crippen molar-refractivity contribution < 1.29 is 19.7 Å². The summed E-state index contributed by atoms with van der Waals surface area (Å²) >= 11 is 0. The molecular weight excluding hydrogens is 196 g/mol. The van der Waals surface area contributed by atoms with Crippen molar-refractivity contribution in [2.24, 2.45) is 0 Å². The molecule has 0 bridgehead atoms. The highest BCUT2D eigenvalue weighted by Gasteiger charge is 2.38. The maximum atomic E-state index is 8.68. The molecule has 2 atom stereocenters. The number of aliphatic hydroxyl groups excluding tert-OH is 2. The standard InChI is InChI=1S/C11H18O4/c1-11(2)14-9(5-3-7-12)10(15-11)6-4-8-13/h3-6,9-10,12-13H,7-8H2,1-2H3/t9-,10-/m1/s1. The average molecular weight is 214 g/mol. The van der Waals surface area contributed by atoms with E-state index in [1.807, 2.05) is 13.8 Å². The van der Waals surface area contributed by atoms with Gasteiger partial charge in [-0.25, -0.2) is 0 Å². The van der Waals surface area contributed by atoms with Gasteiger partial charge in [-0.3, -0.25) is 0 Å². The Balaban J connectivity index is 2.65. The van der Waals surface area contributed by atoms with Crippen molar-refractivity contribution in [3.05, 3.63) is 24.3 Å². The second kappa shape index (κ2) is 5.42. The van der Waals surface area contributed by atoms with Crippen LogP contribution in [0.25, 0.3) is 0 Å². The van der Waals surface area contributed by atoms with Crippen LogP contribution in [0.4, 0.5) is 0 Å². The first-order valence-corrected chi connectivity index (χ1v) is 5.00. The zero-order valence-electron chi connectivity index (χ0n) is 9.09. The Labute approximate surface area is 89.8 Å². The highest BCUT2D eigenvalue weighted by Crippen LogP contribution is 2.29. The number of hydrogen-bond donors (Lipinski definition) is 2. The van der Waals surface area contributed by atoms with E-state index >= 15 is 0 Å². The van der Waals surface area contributed by atoms with Gasteiger partial charge < -0.3 is 19.7 Å². The van der Waals surface area contributed by atoms with Crippen LogP contribution >= 0.6 is 0 Å². The molecule has 1 heterocycles. The SMILES string of the molecule is CC1(C)O[C@H](C=CCO)[C@@H](C=CCO)O1. The van der Waals surface area contributed by atoms with Crippen molar-refractivity contribution in [1.82, 2.24) is 0 Å². The molecule has 0 amide bonds. The molecule has 15 heavy (non-hydrogen) atoms. The minimum atomic E-state index is -0.630. The van der Waals surface area contributed by atoms with Gasteiger partial charge in [-0.1, -0.05) is 24.3 Å². The first-order valence-electron chi connectivity index (χ1n) is 5.00. The maximum absolute atomic E-state index is 8.68. The minimum absolute atomic E-state index is 0.0171. The van der Waals surface area contributed by atoms with Crippen LogP contribution in [0.5, 0.6) is 0 Å². The number of hydrogen-bond acceptors (Lipinski definition) is 4. The van der Waals surface area contributed by atoms with E-state index in [1.54, 1.807) is 24.3 Å². The fourth-order valence-corrected chi connectivity index (χ4v) is 1.50. The van der Waals surface area contributed by atoms with Gasteiger partial charge in [-0.2, -0.15) is 0 Å². The average Bonchev–Trinajstić information content (AvgIpc) is 2.47. The molecule has 1 rings (SSSR count). The van der Waals surface area contributed by atoms with Crippen molar-refractivity contribution in [3.8, 4) is 0 Å². The number of rotatable bonds is 4. The van der Waals surface area contributed by atoms with Gasteiger partial charge in [0.05, 0.1) is 13.2 Å². The molecule has 4 heteroatoms. The molecule has 0 aromatic heterocycles. The molecule has 0 aromatic carbocycles. The third-order valence-electron chi connectivity index (χ3n) is 2.03.